The highest BCUT2D eigenvalue weighted by molar-refractivity contribution is 7.12. The van der Waals surface area contributed by atoms with Crippen molar-refractivity contribution in [2.24, 2.45) is 4.99 Å². The minimum Gasteiger partial charge on any atom is -0.368 e. The van der Waals surface area contributed by atoms with Gasteiger partial charge >= 0.3 is 0 Å². The molecule has 1 aliphatic heterocycles. The summed E-state index contributed by atoms with van der Waals surface area (Å²) >= 11 is 1.84. The highest BCUT2D eigenvalue weighted by atomic mass is 32.1. The van der Waals surface area contributed by atoms with Gasteiger partial charge in [0.2, 0.25) is 0 Å². The molecule has 0 spiro atoms. The van der Waals surface area contributed by atoms with Gasteiger partial charge in [0.15, 0.2) is 0 Å². The maximum absolute atomic E-state index is 4.39. The van der Waals surface area contributed by atoms with E-state index in [2.05, 4.69) is 30.2 Å². The summed E-state index contributed by atoms with van der Waals surface area (Å²) in [6.45, 7) is 6.19. The molecule has 0 bridgehead atoms. The Kier molecular flexibility index (Phi) is 1.89. The van der Waals surface area contributed by atoms with Crippen molar-refractivity contribution < 1.29 is 0 Å². The Hall–Kier alpha value is -0.830. The Morgan fingerprint density at radius 1 is 1.50 bits per heavy atom. The molecule has 1 N–H and O–H groups in total. The van der Waals surface area contributed by atoms with Crippen molar-refractivity contribution in [3.63, 3.8) is 0 Å². The van der Waals surface area contributed by atoms with Crippen LogP contribution in [0.2, 0.25) is 0 Å². The van der Waals surface area contributed by atoms with Gasteiger partial charge < -0.3 is 5.32 Å². The second-order valence-corrected chi connectivity index (χ2v) is 4.44. The number of hydrogen-bond donors (Lipinski definition) is 1. The van der Waals surface area contributed by atoms with Crippen LogP contribution < -0.4 is 5.32 Å². The van der Waals surface area contributed by atoms with Gasteiger partial charge in [0, 0.05) is 21.9 Å². The zero-order valence-corrected chi connectivity index (χ0v) is 8.16. The van der Waals surface area contributed by atoms with Crippen molar-refractivity contribution in [1.29, 1.82) is 0 Å². The molecule has 1 aromatic rings. The Labute approximate surface area is 76.3 Å². The number of aliphatic imine (C=N–C) groups is 1. The number of nitrogens with one attached hydrogen (secondary N) is 1. The van der Waals surface area contributed by atoms with E-state index in [1.54, 1.807) is 0 Å². The second kappa shape index (κ2) is 2.90. The molecule has 2 nitrogen and oxygen atoms in total. The molecule has 2 rings (SSSR count). The van der Waals surface area contributed by atoms with E-state index in [-0.39, 0.29) is 0 Å². The molecular formula is C9H12N2S. The third kappa shape index (κ3) is 1.25. The second-order valence-electron chi connectivity index (χ2n) is 2.98. The summed E-state index contributed by atoms with van der Waals surface area (Å²) in [7, 11) is 0. The van der Waals surface area contributed by atoms with Gasteiger partial charge in [-0.1, -0.05) is 0 Å². The van der Waals surface area contributed by atoms with Crippen molar-refractivity contribution in [3.8, 4) is 0 Å². The zero-order valence-electron chi connectivity index (χ0n) is 7.35. The lowest BCUT2D eigenvalue weighted by molar-refractivity contribution is 0.960. The quantitative estimate of drug-likeness (QED) is 0.699. The van der Waals surface area contributed by atoms with Crippen LogP contribution in [0.4, 0.5) is 0 Å². The molecule has 0 amide bonds. The first-order chi connectivity index (χ1) is 5.77. The maximum Gasteiger partial charge on any atom is 0.129 e. The fourth-order valence-corrected chi connectivity index (χ4v) is 2.37. The van der Waals surface area contributed by atoms with E-state index >= 15 is 0 Å². The summed E-state index contributed by atoms with van der Waals surface area (Å²) in [5.41, 5.74) is 1.29. The Balaban J connectivity index is 2.38. The Bertz CT molecular complexity index is 325. The summed E-state index contributed by atoms with van der Waals surface area (Å²) in [5.74, 6) is 1.08. The maximum atomic E-state index is 4.39. The van der Waals surface area contributed by atoms with Crippen LogP contribution in [0, 0.1) is 13.8 Å². The first-order valence-corrected chi connectivity index (χ1v) is 4.95. The predicted molar refractivity (Wildman–Crippen MR) is 53.2 cm³/mol. The van der Waals surface area contributed by atoms with Gasteiger partial charge in [0.1, 0.15) is 5.84 Å². The zero-order chi connectivity index (χ0) is 8.55. The van der Waals surface area contributed by atoms with Crippen molar-refractivity contribution in [3.05, 3.63) is 21.4 Å². The SMILES string of the molecule is Cc1cc(C2=NCCN2)c(C)s1. The lowest BCUT2D eigenvalue weighted by Crippen LogP contribution is -2.19. The van der Waals surface area contributed by atoms with Crippen LogP contribution in [0.3, 0.4) is 0 Å². The number of thiophene rings is 1. The molecule has 0 saturated heterocycles. The van der Waals surface area contributed by atoms with E-state index < -0.39 is 0 Å². The number of nitrogens with zero attached hydrogens (tertiary/aromatic N) is 1. The van der Waals surface area contributed by atoms with Crippen LogP contribution in [0.25, 0.3) is 0 Å². The predicted octanol–water partition coefficient (Wildman–Crippen LogP) is 1.71. The Morgan fingerprint density at radius 2 is 2.33 bits per heavy atom. The fraction of sp³-hybridized carbons (Fsp3) is 0.444. The highest BCUT2D eigenvalue weighted by Gasteiger charge is 2.12. The van der Waals surface area contributed by atoms with E-state index in [9.17, 15) is 0 Å². The summed E-state index contributed by atoms with van der Waals surface area (Å²) < 4.78 is 0. The van der Waals surface area contributed by atoms with Crippen LogP contribution >= 0.6 is 11.3 Å². The topological polar surface area (TPSA) is 24.4 Å². The molecule has 3 heteroatoms. The van der Waals surface area contributed by atoms with Crippen molar-refractivity contribution in [2.45, 2.75) is 13.8 Å². The fourth-order valence-electron chi connectivity index (χ4n) is 1.44. The molecular weight excluding hydrogens is 168 g/mol. The molecule has 0 fully saturated rings. The number of rotatable bonds is 1. The lowest BCUT2D eigenvalue weighted by atomic mass is 10.2. The molecule has 0 atom stereocenters. The van der Waals surface area contributed by atoms with Crippen molar-refractivity contribution in [1.82, 2.24) is 5.32 Å². The van der Waals surface area contributed by atoms with Gasteiger partial charge in [-0.25, -0.2) is 0 Å². The van der Waals surface area contributed by atoms with E-state index in [0.717, 1.165) is 18.9 Å². The third-order valence-electron chi connectivity index (χ3n) is 1.97. The average molecular weight is 180 g/mol. The van der Waals surface area contributed by atoms with E-state index in [0.29, 0.717) is 0 Å². The normalized spacial score (nSPS) is 16.0. The summed E-state index contributed by atoms with van der Waals surface area (Å²) in [6, 6.07) is 2.21. The van der Waals surface area contributed by atoms with Crippen LogP contribution in [-0.4, -0.2) is 18.9 Å². The summed E-state index contributed by atoms with van der Waals surface area (Å²) in [5, 5.41) is 3.28. The molecule has 0 radical (unpaired) electrons. The molecule has 1 aromatic heterocycles. The standard InChI is InChI=1S/C9H12N2S/c1-6-5-8(7(2)12-6)9-10-3-4-11-9/h5H,3-4H2,1-2H3,(H,10,11). The van der Waals surface area contributed by atoms with E-state index in [1.807, 2.05) is 11.3 Å². The average Bonchev–Trinajstić information content (AvgIpc) is 2.58. The smallest absolute Gasteiger partial charge is 0.129 e. The minimum atomic E-state index is 0.920. The molecule has 0 unspecified atom stereocenters. The van der Waals surface area contributed by atoms with Crippen molar-refractivity contribution >= 4 is 17.2 Å². The summed E-state index contributed by atoms with van der Waals surface area (Å²) in [4.78, 5) is 7.11. The lowest BCUT2D eigenvalue weighted by Gasteiger charge is -1.98. The molecule has 0 aromatic carbocycles. The first kappa shape index (κ1) is 7.80. The first-order valence-electron chi connectivity index (χ1n) is 4.13. The molecule has 0 aliphatic carbocycles. The van der Waals surface area contributed by atoms with Crippen molar-refractivity contribution in [2.75, 3.05) is 13.1 Å². The van der Waals surface area contributed by atoms with E-state index in [4.69, 9.17) is 0 Å². The Morgan fingerprint density at radius 3 is 2.83 bits per heavy atom. The monoisotopic (exact) mass is 180 g/mol. The van der Waals surface area contributed by atoms with Gasteiger partial charge in [-0.05, 0) is 19.9 Å². The third-order valence-corrected chi connectivity index (χ3v) is 2.94. The van der Waals surface area contributed by atoms with E-state index in [1.165, 1.54) is 15.3 Å². The largest absolute Gasteiger partial charge is 0.368 e. The van der Waals surface area contributed by atoms with Crippen LogP contribution in [-0.2, 0) is 0 Å². The summed E-state index contributed by atoms with van der Waals surface area (Å²) in [6.07, 6.45) is 0. The number of aryl methyl sites for hydroxylation is 2. The van der Waals surface area contributed by atoms with Gasteiger partial charge in [-0.15, -0.1) is 11.3 Å². The van der Waals surface area contributed by atoms with Gasteiger partial charge in [-0.3, -0.25) is 4.99 Å². The minimum absolute atomic E-state index is 0.920. The molecule has 64 valence electrons. The number of hydrogen-bond acceptors (Lipinski definition) is 3. The number of amidine groups is 1. The van der Waals surface area contributed by atoms with Crippen LogP contribution in [0.1, 0.15) is 15.3 Å². The molecule has 0 saturated carbocycles. The van der Waals surface area contributed by atoms with Gasteiger partial charge in [0.05, 0.1) is 6.54 Å². The molecule has 12 heavy (non-hydrogen) atoms. The van der Waals surface area contributed by atoms with Gasteiger partial charge in [-0.2, -0.15) is 0 Å². The van der Waals surface area contributed by atoms with Gasteiger partial charge in [0.25, 0.3) is 0 Å². The molecule has 1 aliphatic rings. The van der Waals surface area contributed by atoms with Crippen LogP contribution in [0.5, 0.6) is 0 Å². The highest BCUT2D eigenvalue weighted by Crippen LogP contribution is 2.21. The molecule has 2 heterocycles. The van der Waals surface area contributed by atoms with Crippen LogP contribution in [0.15, 0.2) is 11.1 Å².